The van der Waals surface area contributed by atoms with Crippen LogP contribution in [0.5, 0.6) is 5.75 Å². The second-order valence-electron chi connectivity index (χ2n) is 7.93. The SMILES string of the molecule is COCCNC(=O)c1cc2ccc(OC(=O)c3ccccc3CCc3ccccc3)cc2oc1=O. The Bertz CT molecular complexity index is 1390. The topological polar surface area (TPSA) is 94.8 Å². The Labute approximate surface area is 202 Å². The standard InChI is InChI=1S/C28H25NO6/c1-33-16-15-29-26(30)24-17-21-13-14-22(18-25(21)35-28(24)32)34-27(31)23-10-6-5-9-20(23)12-11-19-7-3-2-4-8-19/h2-10,13-14,17-18H,11-12,15-16H2,1H3,(H,29,30). The van der Waals surface area contributed by atoms with E-state index >= 15 is 0 Å². The molecule has 0 aliphatic rings. The highest BCUT2D eigenvalue weighted by Gasteiger charge is 2.16. The van der Waals surface area contributed by atoms with Crippen LogP contribution in [0.25, 0.3) is 11.0 Å². The van der Waals surface area contributed by atoms with Gasteiger partial charge in [-0.3, -0.25) is 4.79 Å². The van der Waals surface area contributed by atoms with Crippen molar-refractivity contribution in [2.45, 2.75) is 12.8 Å². The molecule has 0 radical (unpaired) electrons. The van der Waals surface area contributed by atoms with Crippen molar-refractivity contribution >= 4 is 22.8 Å². The van der Waals surface area contributed by atoms with Gasteiger partial charge in [0.25, 0.3) is 5.91 Å². The van der Waals surface area contributed by atoms with E-state index in [0.717, 1.165) is 12.0 Å². The molecule has 0 spiro atoms. The number of ether oxygens (including phenoxy) is 2. The third-order valence-electron chi connectivity index (χ3n) is 5.52. The molecule has 0 atom stereocenters. The molecule has 1 N–H and O–H groups in total. The molecule has 0 unspecified atom stereocenters. The zero-order chi connectivity index (χ0) is 24.6. The van der Waals surface area contributed by atoms with Crippen molar-refractivity contribution in [2.24, 2.45) is 0 Å². The Hall–Kier alpha value is -4.23. The molecule has 4 aromatic rings. The van der Waals surface area contributed by atoms with Crippen LogP contribution in [0.3, 0.4) is 0 Å². The van der Waals surface area contributed by atoms with Crippen LogP contribution in [0.15, 0.2) is 88.1 Å². The Morgan fingerprint density at radius 1 is 0.886 bits per heavy atom. The van der Waals surface area contributed by atoms with Gasteiger partial charge in [0.2, 0.25) is 0 Å². The molecule has 0 bridgehead atoms. The number of esters is 1. The average Bonchev–Trinajstić information content (AvgIpc) is 2.88. The number of nitrogens with one attached hydrogen (secondary N) is 1. The maximum Gasteiger partial charge on any atom is 0.349 e. The summed E-state index contributed by atoms with van der Waals surface area (Å²) in [5.74, 6) is -0.800. The first kappa shape index (κ1) is 23.9. The van der Waals surface area contributed by atoms with Gasteiger partial charge >= 0.3 is 11.6 Å². The maximum absolute atomic E-state index is 12.9. The lowest BCUT2D eigenvalue weighted by molar-refractivity contribution is 0.0733. The number of hydrogen-bond acceptors (Lipinski definition) is 6. The highest BCUT2D eigenvalue weighted by atomic mass is 16.5. The molecule has 178 valence electrons. The van der Waals surface area contributed by atoms with Gasteiger partial charge in [-0.1, -0.05) is 48.5 Å². The van der Waals surface area contributed by atoms with Crippen molar-refractivity contribution in [3.8, 4) is 5.75 Å². The van der Waals surface area contributed by atoms with Crippen LogP contribution >= 0.6 is 0 Å². The predicted octanol–water partition coefficient (Wildman–Crippen LogP) is 4.17. The molecule has 0 aliphatic carbocycles. The van der Waals surface area contributed by atoms with E-state index in [-0.39, 0.29) is 23.4 Å². The lowest BCUT2D eigenvalue weighted by Crippen LogP contribution is -2.30. The molecule has 1 aromatic heterocycles. The van der Waals surface area contributed by atoms with E-state index in [1.54, 1.807) is 24.3 Å². The molecule has 35 heavy (non-hydrogen) atoms. The highest BCUT2D eigenvalue weighted by molar-refractivity contribution is 5.97. The molecule has 1 heterocycles. The van der Waals surface area contributed by atoms with Crippen LogP contribution in [-0.4, -0.2) is 32.1 Å². The van der Waals surface area contributed by atoms with Gasteiger partial charge < -0.3 is 19.2 Å². The Balaban J connectivity index is 1.50. The van der Waals surface area contributed by atoms with E-state index in [1.807, 2.05) is 30.3 Å². The monoisotopic (exact) mass is 471 g/mol. The summed E-state index contributed by atoms with van der Waals surface area (Å²) in [6.45, 7) is 0.600. The fourth-order valence-electron chi connectivity index (χ4n) is 3.70. The van der Waals surface area contributed by atoms with Gasteiger partial charge in [-0.25, -0.2) is 9.59 Å². The van der Waals surface area contributed by atoms with E-state index in [9.17, 15) is 14.4 Å². The minimum Gasteiger partial charge on any atom is -0.423 e. The van der Waals surface area contributed by atoms with Gasteiger partial charge in [-0.15, -0.1) is 0 Å². The quantitative estimate of drug-likeness (QED) is 0.170. The third-order valence-corrected chi connectivity index (χ3v) is 5.52. The van der Waals surface area contributed by atoms with Crippen molar-refractivity contribution < 1.29 is 23.5 Å². The normalized spacial score (nSPS) is 10.8. The second kappa shape index (κ2) is 11.3. The molecular formula is C28H25NO6. The smallest absolute Gasteiger partial charge is 0.349 e. The van der Waals surface area contributed by atoms with Gasteiger partial charge in [0, 0.05) is 25.1 Å². The van der Waals surface area contributed by atoms with Crippen LogP contribution in [0, 0.1) is 0 Å². The minimum absolute atomic E-state index is 0.106. The third kappa shape index (κ3) is 6.02. The van der Waals surface area contributed by atoms with Crippen LogP contribution in [0.1, 0.15) is 31.8 Å². The lowest BCUT2D eigenvalue weighted by atomic mass is 10.00. The molecule has 0 saturated heterocycles. The minimum atomic E-state index is -0.776. The van der Waals surface area contributed by atoms with Crippen molar-refractivity contribution in [1.82, 2.24) is 5.32 Å². The molecule has 1 amide bonds. The summed E-state index contributed by atoms with van der Waals surface area (Å²) in [5, 5.41) is 3.13. The lowest BCUT2D eigenvalue weighted by Gasteiger charge is -2.10. The number of aryl methyl sites for hydroxylation is 2. The summed E-state index contributed by atoms with van der Waals surface area (Å²) in [4.78, 5) is 37.5. The number of methoxy groups -OCH3 is 1. The summed E-state index contributed by atoms with van der Waals surface area (Å²) in [5.41, 5.74) is 1.89. The molecule has 0 aliphatic heterocycles. The summed E-state index contributed by atoms with van der Waals surface area (Å²) in [6.07, 6.45) is 1.49. The highest BCUT2D eigenvalue weighted by Crippen LogP contribution is 2.22. The predicted molar refractivity (Wildman–Crippen MR) is 132 cm³/mol. The number of amides is 1. The number of carbonyl (C=O) groups is 2. The van der Waals surface area contributed by atoms with Crippen molar-refractivity contribution in [3.63, 3.8) is 0 Å². The fraction of sp³-hybridized carbons (Fsp3) is 0.179. The van der Waals surface area contributed by atoms with Gasteiger partial charge in [0.05, 0.1) is 12.2 Å². The van der Waals surface area contributed by atoms with E-state index in [0.29, 0.717) is 24.0 Å². The van der Waals surface area contributed by atoms with Crippen molar-refractivity contribution in [1.29, 1.82) is 0 Å². The molecule has 0 saturated carbocycles. The van der Waals surface area contributed by atoms with Gasteiger partial charge in [-0.2, -0.15) is 0 Å². The number of rotatable bonds is 9. The second-order valence-corrected chi connectivity index (χ2v) is 7.93. The average molecular weight is 472 g/mol. The first-order valence-electron chi connectivity index (χ1n) is 11.2. The molecular weight excluding hydrogens is 446 g/mol. The molecule has 0 fully saturated rings. The van der Waals surface area contributed by atoms with E-state index in [1.165, 1.54) is 24.8 Å². The molecule has 4 rings (SSSR count). The fourth-order valence-corrected chi connectivity index (χ4v) is 3.70. The molecule has 7 nitrogen and oxygen atoms in total. The number of fused-ring (bicyclic) bond motifs is 1. The van der Waals surface area contributed by atoms with Crippen LogP contribution in [-0.2, 0) is 17.6 Å². The van der Waals surface area contributed by atoms with Gasteiger partial charge in [0.15, 0.2) is 0 Å². The zero-order valence-corrected chi connectivity index (χ0v) is 19.3. The Kier molecular flexibility index (Phi) is 7.70. The van der Waals surface area contributed by atoms with E-state index in [2.05, 4.69) is 17.4 Å². The summed E-state index contributed by atoms with van der Waals surface area (Å²) in [7, 11) is 1.52. The Morgan fingerprint density at radius 3 is 2.46 bits per heavy atom. The summed E-state index contributed by atoms with van der Waals surface area (Å²) >= 11 is 0. The first-order chi connectivity index (χ1) is 17.0. The number of hydrogen-bond donors (Lipinski definition) is 1. The molecule has 3 aromatic carbocycles. The molecule has 7 heteroatoms. The van der Waals surface area contributed by atoms with Crippen LogP contribution in [0.4, 0.5) is 0 Å². The number of benzene rings is 3. The van der Waals surface area contributed by atoms with E-state index in [4.69, 9.17) is 13.9 Å². The summed E-state index contributed by atoms with van der Waals surface area (Å²) < 4.78 is 15.8. The number of carbonyl (C=O) groups excluding carboxylic acids is 2. The van der Waals surface area contributed by atoms with Gasteiger partial charge in [-0.05, 0) is 48.2 Å². The Morgan fingerprint density at radius 2 is 1.66 bits per heavy atom. The van der Waals surface area contributed by atoms with Crippen molar-refractivity contribution in [2.75, 3.05) is 20.3 Å². The first-order valence-corrected chi connectivity index (χ1v) is 11.2. The largest absolute Gasteiger partial charge is 0.423 e. The summed E-state index contributed by atoms with van der Waals surface area (Å²) in [6, 6.07) is 23.5. The van der Waals surface area contributed by atoms with Crippen LogP contribution in [0.2, 0.25) is 0 Å². The van der Waals surface area contributed by atoms with E-state index < -0.39 is 17.5 Å². The van der Waals surface area contributed by atoms with Gasteiger partial charge in [0.1, 0.15) is 16.9 Å². The van der Waals surface area contributed by atoms with Crippen molar-refractivity contribution in [3.05, 3.63) is 112 Å². The maximum atomic E-state index is 12.9. The van der Waals surface area contributed by atoms with Crippen LogP contribution < -0.4 is 15.7 Å². The zero-order valence-electron chi connectivity index (χ0n) is 19.3.